The molecule has 0 saturated carbocycles. The van der Waals surface area contributed by atoms with Gasteiger partial charge in [-0.15, -0.1) is 15.3 Å². The average Bonchev–Trinajstić information content (AvgIpc) is 2.93. The first kappa shape index (κ1) is 12.5. The van der Waals surface area contributed by atoms with Crippen molar-refractivity contribution in [2.24, 2.45) is 7.05 Å². The predicted octanol–water partition coefficient (Wildman–Crippen LogP) is -0.412. The molecule has 0 fully saturated rings. The fourth-order valence-corrected chi connectivity index (χ4v) is 2.10. The summed E-state index contributed by atoms with van der Waals surface area (Å²) in [6.45, 7) is 1.87. The zero-order valence-electron chi connectivity index (χ0n) is 9.76. The van der Waals surface area contributed by atoms with E-state index in [0.29, 0.717) is 11.0 Å². The standard InChI is InChI=1S/C8H11N7O2S/c1-5(7-10-9-4-14(7)2)15-8(11-12-13-15)18-3-6(16)17/h4-5H,3H2,1-2H3,(H,16,17). The second-order valence-corrected chi connectivity index (χ2v) is 4.51. The number of carbonyl (C=O) groups is 1. The Bertz CT molecular complexity index is 551. The Balaban J connectivity index is 2.21. The van der Waals surface area contributed by atoms with Crippen molar-refractivity contribution in [1.82, 2.24) is 35.0 Å². The van der Waals surface area contributed by atoms with Crippen molar-refractivity contribution < 1.29 is 9.90 Å². The van der Waals surface area contributed by atoms with Crippen molar-refractivity contribution in [3.63, 3.8) is 0 Å². The zero-order chi connectivity index (χ0) is 13.1. The van der Waals surface area contributed by atoms with Crippen LogP contribution >= 0.6 is 11.8 Å². The third-order valence-corrected chi connectivity index (χ3v) is 3.19. The van der Waals surface area contributed by atoms with Gasteiger partial charge in [0.2, 0.25) is 5.16 Å². The van der Waals surface area contributed by atoms with Crippen LogP contribution in [0.4, 0.5) is 0 Å². The quantitative estimate of drug-likeness (QED) is 0.729. The molecule has 2 aromatic rings. The van der Waals surface area contributed by atoms with Gasteiger partial charge in [0, 0.05) is 7.05 Å². The van der Waals surface area contributed by atoms with Gasteiger partial charge in [0.15, 0.2) is 5.82 Å². The number of aryl methyl sites for hydroxylation is 1. The minimum Gasteiger partial charge on any atom is -0.481 e. The smallest absolute Gasteiger partial charge is 0.313 e. The molecule has 0 aliphatic carbocycles. The van der Waals surface area contributed by atoms with Gasteiger partial charge in [-0.05, 0) is 17.4 Å². The lowest BCUT2D eigenvalue weighted by atomic mass is 10.3. The van der Waals surface area contributed by atoms with E-state index in [2.05, 4.69) is 25.7 Å². The monoisotopic (exact) mass is 269 g/mol. The van der Waals surface area contributed by atoms with Gasteiger partial charge < -0.3 is 9.67 Å². The van der Waals surface area contributed by atoms with Crippen molar-refractivity contribution in [2.75, 3.05) is 5.75 Å². The molecular formula is C8H11N7O2S. The van der Waals surface area contributed by atoms with Gasteiger partial charge in [0.1, 0.15) is 12.4 Å². The second-order valence-electron chi connectivity index (χ2n) is 3.56. The molecule has 1 N–H and O–H groups in total. The van der Waals surface area contributed by atoms with Crippen LogP contribution in [0.15, 0.2) is 11.5 Å². The molecule has 1 unspecified atom stereocenters. The third-order valence-electron chi connectivity index (χ3n) is 2.27. The Hall–Kier alpha value is -1.97. The number of hydrogen-bond acceptors (Lipinski definition) is 7. The maximum absolute atomic E-state index is 10.5. The Morgan fingerprint density at radius 3 is 2.94 bits per heavy atom. The molecule has 9 nitrogen and oxygen atoms in total. The van der Waals surface area contributed by atoms with Gasteiger partial charge in [-0.25, -0.2) is 4.68 Å². The number of rotatable bonds is 5. The van der Waals surface area contributed by atoms with Crippen LogP contribution in [-0.2, 0) is 11.8 Å². The van der Waals surface area contributed by atoms with E-state index in [1.54, 1.807) is 10.9 Å². The number of carboxylic acid groups (broad SMARTS) is 1. The number of thioether (sulfide) groups is 1. The minimum absolute atomic E-state index is 0.0914. The van der Waals surface area contributed by atoms with Crippen LogP contribution in [0, 0.1) is 0 Å². The molecule has 0 radical (unpaired) electrons. The molecule has 96 valence electrons. The molecule has 10 heteroatoms. The summed E-state index contributed by atoms with van der Waals surface area (Å²) in [6, 6.07) is -0.219. The number of carboxylic acids is 1. The highest BCUT2D eigenvalue weighted by Crippen LogP contribution is 2.20. The Labute approximate surface area is 106 Å². The Morgan fingerprint density at radius 1 is 1.56 bits per heavy atom. The summed E-state index contributed by atoms with van der Waals surface area (Å²) >= 11 is 1.06. The van der Waals surface area contributed by atoms with E-state index in [-0.39, 0.29) is 11.8 Å². The van der Waals surface area contributed by atoms with Gasteiger partial charge in [0.25, 0.3) is 0 Å². The third kappa shape index (κ3) is 2.47. The van der Waals surface area contributed by atoms with Gasteiger partial charge in [0.05, 0.1) is 5.75 Å². The highest BCUT2D eigenvalue weighted by molar-refractivity contribution is 7.99. The number of aliphatic carboxylic acids is 1. The number of nitrogens with zero attached hydrogens (tertiary/aromatic N) is 7. The maximum Gasteiger partial charge on any atom is 0.313 e. The minimum atomic E-state index is -0.916. The summed E-state index contributed by atoms with van der Waals surface area (Å²) in [7, 11) is 1.82. The molecule has 2 rings (SSSR count). The molecule has 0 spiro atoms. The van der Waals surface area contributed by atoms with E-state index in [9.17, 15) is 4.79 Å². The van der Waals surface area contributed by atoms with Crippen LogP contribution in [-0.4, -0.2) is 51.8 Å². The molecule has 2 heterocycles. The van der Waals surface area contributed by atoms with E-state index >= 15 is 0 Å². The van der Waals surface area contributed by atoms with E-state index in [4.69, 9.17) is 5.11 Å². The summed E-state index contributed by atoms with van der Waals surface area (Å²) in [4.78, 5) is 10.5. The molecule has 1 atom stereocenters. The molecule has 18 heavy (non-hydrogen) atoms. The molecule has 0 aromatic carbocycles. The maximum atomic E-state index is 10.5. The van der Waals surface area contributed by atoms with Gasteiger partial charge in [-0.3, -0.25) is 4.79 Å². The molecule has 0 saturated heterocycles. The second kappa shape index (κ2) is 5.12. The van der Waals surface area contributed by atoms with E-state index < -0.39 is 5.97 Å². The number of tetrazole rings is 1. The molecule has 0 aliphatic heterocycles. The lowest BCUT2D eigenvalue weighted by Crippen LogP contribution is -2.15. The summed E-state index contributed by atoms with van der Waals surface area (Å²) < 4.78 is 3.29. The van der Waals surface area contributed by atoms with Crippen molar-refractivity contribution >= 4 is 17.7 Å². The SMILES string of the molecule is CC(c1nncn1C)n1nnnc1SCC(=O)O. The van der Waals surface area contributed by atoms with E-state index in [0.717, 1.165) is 11.8 Å². The van der Waals surface area contributed by atoms with E-state index in [1.165, 1.54) is 4.68 Å². The molecule has 0 bridgehead atoms. The zero-order valence-corrected chi connectivity index (χ0v) is 10.6. The van der Waals surface area contributed by atoms with Crippen LogP contribution in [0.1, 0.15) is 18.8 Å². The largest absolute Gasteiger partial charge is 0.481 e. The first-order valence-electron chi connectivity index (χ1n) is 5.06. The summed E-state index contributed by atoms with van der Waals surface area (Å²) in [5.74, 6) is -0.313. The lowest BCUT2D eigenvalue weighted by molar-refractivity contribution is -0.133. The summed E-state index contributed by atoms with van der Waals surface area (Å²) in [5, 5.41) is 28.0. The normalized spacial score (nSPS) is 12.6. The predicted molar refractivity (Wildman–Crippen MR) is 61.0 cm³/mol. The summed E-state index contributed by atoms with van der Waals surface area (Å²) in [5.41, 5.74) is 0. The van der Waals surface area contributed by atoms with Crippen LogP contribution in [0.5, 0.6) is 0 Å². The fourth-order valence-electron chi connectivity index (χ4n) is 1.43. The molecule has 0 aliphatic rings. The van der Waals surface area contributed by atoms with Crippen molar-refractivity contribution in [2.45, 2.75) is 18.1 Å². The van der Waals surface area contributed by atoms with E-state index in [1.807, 2.05) is 14.0 Å². The summed E-state index contributed by atoms with van der Waals surface area (Å²) in [6.07, 6.45) is 1.58. The molecular weight excluding hydrogens is 258 g/mol. The van der Waals surface area contributed by atoms with Crippen molar-refractivity contribution in [3.8, 4) is 0 Å². The fraction of sp³-hybridized carbons (Fsp3) is 0.500. The van der Waals surface area contributed by atoms with Crippen LogP contribution in [0.3, 0.4) is 0 Å². The van der Waals surface area contributed by atoms with Gasteiger partial charge in [-0.2, -0.15) is 0 Å². The van der Waals surface area contributed by atoms with Crippen molar-refractivity contribution in [1.29, 1.82) is 0 Å². The number of aromatic nitrogens is 7. The number of hydrogen-bond donors (Lipinski definition) is 1. The Kier molecular flexibility index (Phi) is 3.55. The molecule has 0 amide bonds. The first-order chi connectivity index (χ1) is 8.59. The van der Waals surface area contributed by atoms with Crippen LogP contribution in [0.25, 0.3) is 0 Å². The first-order valence-corrected chi connectivity index (χ1v) is 6.04. The lowest BCUT2D eigenvalue weighted by Gasteiger charge is -2.11. The Morgan fingerprint density at radius 2 is 2.33 bits per heavy atom. The van der Waals surface area contributed by atoms with Crippen LogP contribution < -0.4 is 0 Å². The van der Waals surface area contributed by atoms with Crippen molar-refractivity contribution in [3.05, 3.63) is 12.2 Å². The van der Waals surface area contributed by atoms with Crippen LogP contribution in [0.2, 0.25) is 0 Å². The topological polar surface area (TPSA) is 112 Å². The molecule has 2 aromatic heterocycles. The highest BCUT2D eigenvalue weighted by Gasteiger charge is 2.19. The average molecular weight is 269 g/mol. The van der Waals surface area contributed by atoms with Gasteiger partial charge >= 0.3 is 5.97 Å². The highest BCUT2D eigenvalue weighted by atomic mass is 32.2. The van der Waals surface area contributed by atoms with Gasteiger partial charge in [-0.1, -0.05) is 11.8 Å².